The van der Waals surface area contributed by atoms with E-state index in [4.69, 9.17) is 4.98 Å². The molecule has 5 heteroatoms. The van der Waals surface area contributed by atoms with Gasteiger partial charge in [-0.25, -0.2) is 4.98 Å². The highest BCUT2D eigenvalue weighted by molar-refractivity contribution is 9.08. The Balaban J connectivity index is 2.19. The van der Waals surface area contributed by atoms with Crippen LogP contribution in [-0.2, 0) is 5.33 Å². The van der Waals surface area contributed by atoms with Gasteiger partial charge in [0.1, 0.15) is 5.65 Å². The second-order valence-electron chi connectivity index (χ2n) is 5.02. The molecule has 0 atom stereocenters. The molecule has 0 saturated carbocycles. The summed E-state index contributed by atoms with van der Waals surface area (Å²) >= 11 is 3.57. The summed E-state index contributed by atoms with van der Waals surface area (Å²) in [4.78, 5) is 9.18. The lowest BCUT2D eigenvalue weighted by Crippen LogP contribution is -2.24. The summed E-state index contributed by atoms with van der Waals surface area (Å²) in [6.45, 7) is 2.11. The number of hydrogen-bond donors (Lipinski definition) is 0. The van der Waals surface area contributed by atoms with Crippen molar-refractivity contribution >= 4 is 27.4 Å². The minimum Gasteiger partial charge on any atom is -0.358 e. The minimum absolute atomic E-state index is 0.811. The number of alkyl halides is 1. The van der Waals surface area contributed by atoms with E-state index in [0.29, 0.717) is 0 Å². The lowest BCUT2D eigenvalue weighted by atomic mass is 10.3. The fourth-order valence-corrected chi connectivity index (χ4v) is 2.71. The molecule has 0 aliphatic carbocycles. The van der Waals surface area contributed by atoms with Gasteiger partial charge in [-0.3, -0.25) is 0 Å². The van der Waals surface area contributed by atoms with Crippen LogP contribution in [0.15, 0.2) is 24.4 Å². The fourth-order valence-electron chi connectivity index (χ4n) is 2.19. The predicted octanol–water partition coefficient (Wildman–Crippen LogP) is 2.62. The maximum Gasteiger partial charge on any atom is 0.151 e. The number of halogens is 1. The summed E-state index contributed by atoms with van der Waals surface area (Å²) in [5.74, 6) is 1.07. The van der Waals surface area contributed by atoms with Gasteiger partial charge in [0.05, 0.1) is 5.69 Å². The van der Waals surface area contributed by atoms with Crippen LogP contribution in [0.1, 0.15) is 12.1 Å². The number of aromatic nitrogens is 2. The van der Waals surface area contributed by atoms with Crippen LogP contribution in [0.3, 0.4) is 0 Å². The predicted molar refractivity (Wildman–Crippen MR) is 84.3 cm³/mol. The van der Waals surface area contributed by atoms with Crippen molar-refractivity contribution in [3.63, 3.8) is 0 Å². The van der Waals surface area contributed by atoms with E-state index in [-0.39, 0.29) is 0 Å². The topological polar surface area (TPSA) is 23.8 Å². The molecule has 0 saturated heterocycles. The maximum absolute atomic E-state index is 4.73. The quantitative estimate of drug-likeness (QED) is 0.763. The summed E-state index contributed by atoms with van der Waals surface area (Å²) in [7, 11) is 6.33. The van der Waals surface area contributed by atoms with Crippen molar-refractivity contribution in [2.45, 2.75) is 11.8 Å². The van der Waals surface area contributed by atoms with Gasteiger partial charge in [0.15, 0.2) is 5.82 Å². The molecule has 2 heterocycles. The third kappa shape index (κ3) is 3.28. The fraction of sp³-hybridized carbons (Fsp3) is 0.500. The first-order valence-electron chi connectivity index (χ1n) is 6.51. The van der Waals surface area contributed by atoms with E-state index in [1.807, 2.05) is 18.2 Å². The number of imidazole rings is 1. The van der Waals surface area contributed by atoms with E-state index >= 15 is 0 Å². The maximum atomic E-state index is 4.73. The highest BCUT2D eigenvalue weighted by atomic mass is 79.9. The average molecular weight is 325 g/mol. The SMILES string of the molecule is CN(C)CCCN(C)c1nc2ccccn2c1CBr. The van der Waals surface area contributed by atoms with Crippen molar-refractivity contribution < 1.29 is 0 Å². The van der Waals surface area contributed by atoms with Crippen LogP contribution in [-0.4, -0.2) is 48.5 Å². The largest absolute Gasteiger partial charge is 0.358 e. The third-order valence-electron chi connectivity index (χ3n) is 3.19. The smallest absolute Gasteiger partial charge is 0.151 e. The lowest BCUT2D eigenvalue weighted by molar-refractivity contribution is 0.401. The molecular weight excluding hydrogens is 304 g/mol. The number of hydrogen-bond acceptors (Lipinski definition) is 3. The number of fused-ring (bicyclic) bond motifs is 1. The van der Waals surface area contributed by atoms with Gasteiger partial charge in [0, 0.05) is 25.1 Å². The Labute approximate surface area is 123 Å². The van der Waals surface area contributed by atoms with Crippen molar-refractivity contribution in [1.82, 2.24) is 14.3 Å². The molecule has 0 amide bonds. The summed E-state index contributed by atoms with van der Waals surface area (Å²) in [6.07, 6.45) is 3.20. The average Bonchev–Trinajstić information content (AvgIpc) is 2.76. The van der Waals surface area contributed by atoms with Crippen LogP contribution in [0.5, 0.6) is 0 Å². The Hall–Kier alpha value is -1.07. The molecule has 104 valence electrons. The van der Waals surface area contributed by atoms with Crippen molar-refractivity contribution in [1.29, 1.82) is 0 Å². The standard InChI is InChI=1S/C14H21BrN4/c1-17(2)8-6-9-18(3)14-12(11-15)19-10-5-4-7-13(19)16-14/h4-5,7,10H,6,8-9,11H2,1-3H3. The van der Waals surface area contributed by atoms with E-state index in [1.165, 1.54) is 5.69 Å². The summed E-state index contributed by atoms with van der Waals surface area (Å²) in [5.41, 5.74) is 2.22. The second-order valence-corrected chi connectivity index (χ2v) is 5.58. The van der Waals surface area contributed by atoms with E-state index in [0.717, 1.165) is 36.3 Å². The van der Waals surface area contributed by atoms with Crippen molar-refractivity contribution in [3.8, 4) is 0 Å². The monoisotopic (exact) mass is 324 g/mol. The second kappa shape index (κ2) is 6.39. The number of nitrogens with zero attached hydrogens (tertiary/aromatic N) is 4. The van der Waals surface area contributed by atoms with Crippen molar-refractivity contribution in [2.24, 2.45) is 0 Å². The van der Waals surface area contributed by atoms with Crippen LogP contribution < -0.4 is 4.90 Å². The molecule has 0 aliphatic heterocycles. The molecule has 2 aromatic rings. The van der Waals surface area contributed by atoms with E-state index in [9.17, 15) is 0 Å². The molecule has 19 heavy (non-hydrogen) atoms. The Morgan fingerprint density at radius 1 is 1.21 bits per heavy atom. The first-order valence-corrected chi connectivity index (χ1v) is 7.63. The van der Waals surface area contributed by atoms with Gasteiger partial charge in [0.25, 0.3) is 0 Å². The van der Waals surface area contributed by atoms with Crippen LogP contribution >= 0.6 is 15.9 Å². The molecule has 0 aromatic carbocycles. The summed E-state index contributed by atoms with van der Waals surface area (Å²) in [6, 6.07) is 6.11. The highest BCUT2D eigenvalue weighted by Gasteiger charge is 2.14. The molecular formula is C14H21BrN4. The van der Waals surface area contributed by atoms with Gasteiger partial charge in [-0.15, -0.1) is 0 Å². The van der Waals surface area contributed by atoms with Gasteiger partial charge in [0.2, 0.25) is 0 Å². The van der Waals surface area contributed by atoms with E-state index < -0.39 is 0 Å². The molecule has 4 nitrogen and oxygen atoms in total. The number of pyridine rings is 1. The molecule has 0 N–H and O–H groups in total. The number of rotatable bonds is 6. The van der Waals surface area contributed by atoms with Gasteiger partial charge in [-0.2, -0.15) is 0 Å². The third-order valence-corrected chi connectivity index (χ3v) is 3.73. The van der Waals surface area contributed by atoms with Crippen LogP contribution in [0.2, 0.25) is 0 Å². The van der Waals surface area contributed by atoms with Crippen LogP contribution in [0, 0.1) is 0 Å². The van der Waals surface area contributed by atoms with Crippen molar-refractivity contribution in [3.05, 3.63) is 30.1 Å². The van der Waals surface area contributed by atoms with Gasteiger partial charge in [-0.1, -0.05) is 22.0 Å². The van der Waals surface area contributed by atoms with Gasteiger partial charge >= 0.3 is 0 Å². The zero-order valence-corrected chi connectivity index (χ0v) is 13.4. The molecule has 0 bridgehead atoms. The molecule has 0 radical (unpaired) electrons. The Morgan fingerprint density at radius 2 is 2.00 bits per heavy atom. The summed E-state index contributed by atoms with van der Waals surface area (Å²) in [5, 5.41) is 0.811. The molecule has 2 rings (SSSR count). The first-order chi connectivity index (χ1) is 9.13. The molecule has 0 unspecified atom stereocenters. The van der Waals surface area contributed by atoms with Gasteiger partial charge < -0.3 is 14.2 Å². The van der Waals surface area contributed by atoms with Crippen molar-refractivity contribution in [2.75, 3.05) is 39.1 Å². The molecule has 0 spiro atoms. The number of anilines is 1. The Bertz CT molecular complexity index is 535. The Kier molecular flexibility index (Phi) is 4.82. The first kappa shape index (κ1) is 14.3. The van der Waals surface area contributed by atoms with Crippen LogP contribution in [0.25, 0.3) is 5.65 Å². The van der Waals surface area contributed by atoms with E-state index in [2.05, 4.69) is 57.5 Å². The summed E-state index contributed by atoms with van der Waals surface area (Å²) < 4.78 is 2.15. The zero-order valence-electron chi connectivity index (χ0n) is 11.8. The van der Waals surface area contributed by atoms with E-state index in [1.54, 1.807) is 0 Å². The zero-order chi connectivity index (χ0) is 13.8. The Morgan fingerprint density at radius 3 is 2.68 bits per heavy atom. The lowest BCUT2D eigenvalue weighted by Gasteiger charge is -2.19. The molecule has 0 aliphatic rings. The minimum atomic E-state index is 0.811. The normalized spacial score (nSPS) is 11.4. The van der Waals surface area contributed by atoms with Crippen LogP contribution in [0.4, 0.5) is 5.82 Å². The molecule has 0 fully saturated rings. The van der Waals surface area contributed by atoms with Gasteiger partial charge in [-0.05, 0) is 39.2 Å². The highest BCUT2D eigenvalue weighted by Crippen LogP contribution is 2.23. The molecule has 2 aromatic heterocycles.